The lowest BCUT2D eigenvalue weighted by atomic mass is 9.92. The van der Waals surface area contributed by atoms with Crippen molar-refractivity contribution in [2.24, 2.45) is 0 Å². The Bertz CT molecular complexity index is 721. The molecule has 0 bridgehead atoms. The highest BCUT2D eigenvalue weighted by Crippen LogP contribution is 2.33. The Hall–Kier alpha value is -2.34. The fraction of sp³-hybridized carbons (Fsp3) is 0.100. The molecule has 0 radical (unpaired) electrons. The van der Waals surface area contributed by atoms with Crippen LogP contribution in [-0.4, -0.2) is 0 Å². The van der Waals surface area contributed by atoms with E-state index >= 15 is 0 Å². The summed E-state index contributed by atoms with van der Waals surface area (Å²) in [6.45, 7) is 4.29. The standard InChI is InChI=1S/C20H18/c1-15-11-13-17(14-12-15)19-9-5-6-10-20(19)18-8-4-3-7-16(18)2/h3-14H,1-2H3. The van der Waals surface area contributed by atoms with E-state index in [0.29, 0.717) is 0 Å². The van der Waals surface area contributed by atoms with Gasteiger partial charge in [0.25, 0.3) is 0 Å². The van der Waals surface area contributed by atoms with Gasteiger partial charge in [-0.1, -0.05) is 78.4 Å². The Morgan fingerprint density at radius 3 is 1.70 bits per heavy atom. The van der Waals surface area contributed by atoms with Crippen LogP contribution in [0.25, 0.3) is 22.3 Å². The van der Waals surface area contributed by atoms with E-state index in [1.54, 1.807) is 0 Å². The molecule has 0 unspecified atom stereocenters. The van der Waals surface area contributed by atoms with Crippen molar-refractivity contribution in [3.63, 3.8) is 0 Å². The van der Waals surface area contributed by atoms with Gasteiger partial charge in [-0.2, -0.15) is 0 Å². The van der Waals surface area contributed by atoms with Crippen molar-refractivity contribution < 1.29 is 0 Å². The Morgan fingerprint density at radius 2 is 1.05 bits per heavy atom. The second-order valence-electron chi connectivity index (χ2n) is 5.23. The molecular formula is C20H18. The minimum absolute atomic E-state index is 1.27. The van der Waals surface area contributed by atoms with Crippen LogP contribution in [0.1, 0.15) is 11.1 Å². The third-order valence-electron chi connectivity index (χ3n) is 3.72. The van der Waals surface area contributed by atoms with Gasteiger partial charge in [-0.15, -0.1) is 0 Å². The van der Waals surface area contributed by atoms with Crippen molar-refractivity contribution in [3.8, 4) is 22.3 Å². The van der Waals surface area contributed by atoms with Gasteiger partial charge in [-0.3, -0.25) is 0 Å². The van der Waals surface area contributed by atoms with Crippen LogP contribution in [0, 0.1) is 13.8 Å². The van der Waals surface area contributed by atoms with Gasteiger partial charge < -0.3 is 0 Å². The molecular weight excluding hydrogens is 240 g/mol. The van der Waals surface area contributed by atoms with Crippen molar-refractivity contribution in [2.45, 2.75) is 13.8 Å². The molecule has 0 spiro atoms. The van der Waals surface area contributed by atoms with Crippen LogP contribution < -0.4 is 0 Å². The van der Waals surface area contributed by atoms with Gasteiger partial charge in [0.15, 0.2) is 0 Å². The fourth-order valence-corrected chi connectivity index (χ4v) is 2.58. The average Bonchev–Trinajstić information content (AvgIpc) is 2.49. The highest BCUT2D eigenvalue weighted by Gasteiger charge is 2.08. The number of aryl methyl sites for hydroxylation is 2. The first kappa shape index (κ1) is 12.7. The number of hydrogen-bond acceptors (Lipinski definition) is 0. The summed E-state index contributed by atoms with van der Waals surface area (Å²) in [6.07, 6.45) is 0. The van der Waals surface area contributed by atoms with E-state index < -0.39 is 0 Å². The Labute approximate surface area is 120 Å². The van der Waals surface area contributed by atoms with Crippen LogP contribution in [0.2, 0.25) is 0 Å². The molecule has 20 heavy (non-hydrogen) atoms. The van der Waals surface area contributed by atoms with Crippen molar-refractivity contribution in [3.05, 3.63) is 83.9 Å². The highest BCUT2D eigenvalue weighted by molar-refractivity contribution is 5.84. The molecule has 0 aliphatic carbocycles. The summed E-state index contributed by atoms with van der Waals surface area (Å²) >= 11 is 0. The van der Waals surface area contributed by atoms with Gasteiger partial charge in [0.05, 0.1) is 0 Å². The molecule has 3 aromatic carbocycles. The van der Waals surface area contributed by atoms with Gasteiger partial charge in [-0.05, 0) is 41.7 Å². The third kappa shape index (κ3) is 2.37. The first-order valence-corrected chi connectivity index (χ1v) is 6.98. The molecule has 0 saturated heterocycles. The molecule has 0 atom stereocenters. The molecule has 0 aliphatic rings. The van der Waals surface area contributed by atoms with Crippen LogP contribution in [0.5, 0.6) is 0 Å². The van der Waals surface area contributed by atoms with Crippen molar-refractivity contribution in [1.29, 1.82) is 0 Å². The van der Waals surface area contributed by atoms with Crippen molar-refractivity contribution in [1.82, 2.24) is 0 Å². The lowest BCUT2D eigenvalue weighted by Gasteiger charge is -2.12. The van der Waals surface area contributed by atoms with Gasteiger partial charge in [0, 0.05) is 0 Å². The second kappa shape index (κ2) is 5.34. The summed E-state index contributed by atoms with van der Waals surface area (Å²) in [4.78, 5) is 0. The smallest absolute Gasteiger partial charge is 0.0103 e. The Kier molecular flexibility index (Phi) is 3.39. The Balaban J connectivity index is 2.19. The summed E-state index contributed by atoms with van der Waals surface area (Å²) in [5.41, 5.74) is 7.78. The maximum Gasteiger partial charge on any atom is -0.0103 e. The topological polar surface area (TPSA) is 0 Å². The Morgan fingerprint density at radius 1 is 0.500 bits per heavy atom. The van der Waals surface area contributed by atoms with Crippen LogP contribution >= 0.6 is 0 Å². The number of hydrogen-bond donors (Lipinski definition) is 0. The largest absolute Gasteiger partial charge is 0.0620 e. The first-order chi connectivity index (χ1) is 9.75. The molecule has 0 N–H and O–H groups in total. The van der Waals surface area contributed by atoms with Crippen LogP contribution in [0.4, 0.5) is 0 Å². The van der Waals surface area contributed by atoms with Gasteiger partial charge in [-0.25, -0.2) is 0 Å². The fourth-order valence-electron chi connectivity index (χ4n) is 2.58. The molecule has 0 heteroatoms. The van der Waals surface area contributed by atoms with E-state index in [9.17, 15) is 0 Å². The SMILES string of the molecule is Cc1ccc(-c2ccccc2-c2ccccc2C)cc1. The molecule has 0 aliphatic heterocycles. The van der Waals surface area contributed by atoms with Crippen molar-refractivity contribution in [2.75, 3.05) is 0 Å². The second-order valence-corrected chi connectivity index (χ2v) is 5.23. The predicted molar refractivity (Wildman–Crippen MR) is 86.8 cm³/mol. The molecule has 0 amide bonds. The first-order valence-electron chi connectivity index (χ1n) is 6.98. The highest BCUT2D eigenvalue weighted by atomic mass is 14.1. The summed E-state index contributed by atoms with van der Waals surface area (Å²) in [6, 6.07) is 25.9. The maximum absolute atomic E-state index is 2.21. The minimum Gasteiger partial charge on any atom is -0.0620 e. The zero-order valence-electron chi connectivity index (χ0n) is 11.9. The van der Waals surface area contributed by atoms with Crippen LogP contribution in [-0.2, 0) is 0 Å². The monoisotopic (exact) mass is 258 g/mol. The molecule has 0 aromatic heterocycles. The maximum atomic E-state index is 2.21. The molecule has 0 saturated carbocycles. The predicted octanol–water partition coefficient (Wildman–Crippen LogP) is 5.64. The van der Waals surface area contributed by atoms with Crippen LogP contribution in [0.15, 0.2) is 72.8 Å². The van der Waals surface area contributed by atoms with Gasteiger partial charge >= 0.3 is 0 Å². The normalized spacial score (nSPS) is 10.5. The van der Waals surface area contributed by atoms with E-state index in [0.717, 1.165) is 0 Å². The van der Waals surface area contributed by atoms with Gasteiger partial charge in [0.1, 0.15) is 0 Å². The molecule has 3 aromatic rings. The van der Waals surface area contributed by atoms with E-state index in [1.165, 1.54) is 33.4 Å². The van der Waals surface area contributed by atoms with E-state index in [1.807, 2.05) is 0 Å². The molecule has 98 valence electrons. The molecule has 0 nitrogen and oxygen atoms in total. The molecule has 0 fully saturated rings. The lowest BCUT2D eigenvalue weighted by Crippen LogP contribution is -1.87. The number of benzene rings is 3. The zero-order valence-corrected chi connectivity index (χ0v) is 11.9. The average molecular weight is 258 g/mol. The third-order valence-corrected chi connectivity index (χ3v) is 3.72. The summed E-state index contributed by atoms with van der Waals surface area (Å²) in [7, 11) is 0. The quantitative estimate of drug-likeness (QED) is 0.558. The molecule has 0 heterocycles. The molecule has 3 rings (SSSR count). The van der Waals surface area contributed by atoms with E-state index in [-0.39, 0.29) is 0 Å². The van der Waals surface area contributed by atoms with E-state index in [2.05, 4.69) is 86.6 Å². The summed E-state index contributed by atoms with van der Waals surface area (Å²) < 4.78 is 0. The van der Waals surface area contributed by atoms with Crippen molar-refractivity contribution >= 4 is 0 Å². The van der Waals surface area contributed by atoms with Crippen LogP contribution in [0.3, 0.4) is 0 Å². The van der Waals surface area contributed by atoms with Gasteiger partial charge in [0.2, 0.25) is 0 Å². The lowest BCUT2D eigenvalue weighted by molar-refractivity contribution is 1.44. The number of rotatable bonds is 2. The van der Waals surface area contributed by atoms with E-state index in [4.69, 9.17) is 0 Å². The minimum atomic E-state index is 1.27. The zero-order chi connectivity index (χ0) is 13.9. The summed E-state index contributed by atoms with van der Waals surface area (Å²) in [5, 5.41) is 0. The summed E-state index contributed by atoms with van der Waals surface area (Å²) in [5.74, 6) is 0.